The van der Waals surface area contributed by atoms with Crippen LogP contribution >= 0.6 is 0 Å². The molecule has 1 aromatic carbocycles. The van der Waals surface area contributed by atoms with Crippen molar-refractivity contribution in [2.24, 2.45) is 0 Å². The monoisotopic (exact) mass is 332 g/mol. The summed E-state index contributed by atoms with van der Waals surface area (Å²) in [6, 6.07) is 5.77. The van der Waals surface area contributed by atoms with Gasteiger partial charge in [0, 0.05) is 19.4 Å². The second-order valence-electron chi connectivity index (χ2n) is 6.86. The Balaban J connectivity index is 2.27. The van der Waals surface area contributed by atoms with Gasteiger partial charge in [-0.3, -0.25) is 4.79 Å². The fourth-order valence-electron chi connectivity index (χ4n) is 2.87. The van der Waals surface area contributed by atoms with Crippen molar-refractivity contribution in [3.63, 3.8) is 0 Å². The molecule has 1 unspecified atom stereocenters. The smallest absolute Gasteiger partial charge is 0.328 e. The van der Waals surface area contributed by atoms with Crippen LogP contribution < -0.4 is 4.74 Å². The molecule has 0 aromatic heterocycles. The van der Waals surface area contributed by atoms with Crippen LogP contribution in [-0.4, -0.2) is 22.6 Å². The highest BCUT2D eigenvalue weighted by molar-refractivity contribution is 5.80. The van der Waals surface area contributed by atoms with Gasteiger partial charge in [0.05, 0.1) is 0 Å². The predicted octanol–water partition coefficient (Wildman–Crippen LogP) is 3.82. The van der Waals surface area contributed by atoms with Crippen LogP contribution in [0.5, 0.6) is 5.75 Å². The van der Waals surface area contributed by atoms with Gasteiger partial charge in [0.1, 0.15) is 17.5 Å². The van der Waals surface area contributed by atoms with Crippen molar-refractivity contribution in [1.29, 1.82) is 0 Å². The Kier molecular flexibility index (Phi) is 5.32. The van der Waals surface area contributed by atoms with E-state index < -0.39 is 18.0 Å². The van der Waals surface area contributed by atoms with Crippen LogP contribution in [0.1, 0.15) is 57.8 Å². The van der Waals surface area contributed by atoms with E-state index in [1.807, 2.05) is 18.2 Å². The molecule has 1 heterocycles. The van der Waals surface area contributed by atoms with E-state index in [4.69, 9.17) is 14.6 Å². The molecule has 0 radical (unpaired) electrons. The van der Waals surface area contributed by atoms with Crippen molar-refractivity contribution >= 4 is 11.9 Å². The van der Waals surface area contributed by atoms with Crippen molar-refractivity contribution in [2.75, 3.05) is 0 Å². The van der Waals surface area contributed by atoms with Crippen LogP contribution in [0.4, 0.5) is 0 Å². The molecule has 2 rings (SSSR count). The number of fused-ring (bicyclic) bond motifs is 1. The number of aliphatic carboxylic acids is 1. The number of carboxylic acids is 1. The Hall–Kier alpha value is -2.30. The molecule has 1 aliphatic rings. The standard InChI is InChI=1S/C19H24O5/c1-12(10-18(21)22)9-17(23-13(2)20)14-5-6-16-15(11-14)7-8-19(3,4)24-16/h5-6,10-11,17H,7-9H2,1-4H3,(H,21,22)/b12-10+. The summed E-state index contributed by atoms with van der Waals surface area (Å²) in [5, 5.41) is 8.86. The number of rotatable bonds is 5. The first kappa shape index (κ1) is 18.0. The third-order valence-electron chi connectivity index (χ3n) is 4.02. The zero-order valence-electron chi connectivity index (χ0n) is 14.6. The van der Waals surface area contributed by atoms with Crippen molar-refractivity contribution < 1.29 is 24.2 Å². The number of hydrogen-bond donors (Lipinski definition) is 1. The number of ether oxygens (including phenoxy) is 2. The molecule has 5 heteroatoms. The lowest BCUT2D eigenvalue weighted by Crippen LogP contribution is -2.32. The van der Waals surface area contributed by atoms with E-state index in [2.05, 4.69) is 13.8 Å². The highest BCUT2D eigenvalue weighted by Gasteiger charge is 2.27. The second-order valence-corrected chi connectivity index (χ2v) is 6.86. The number of carbonyl (C=O) groups excluding carboxylic acids is 1. The zero-order chi connectivity index (χ0) is 17.9. The Labute approximate surface area is 142 Å². The first-order chi connectivity index (χ1) is 11.2. The minimum absolute atomic E-state index is 0.176. The average molecular weight is 332 g/mol. The van der Waals surface area contributed by atoms with E-state index in [1.165, 1.54) is 6.92 Å². The minimum atomic E-state index is -1.00. The summed E-state index contributed by atoms with van der Waals surface area (Å²) in [6.45, 7) is 7.19. The molecule has 5 nitrogen and oxygen atoms in total. The molecule has 24 heavy (non-hydrogen) atoms. The summed E-state index contributed by atoms with van der Waals surface area (Å²) in [4.78, 5) is 22.2. The van der Waals surface area contributed by atoms with Gasteiger partial charge in [-0.25, -0.2) is 4.79 Å². The molecule has 0 bridgehead atoms. The van der Waals surface area contributed by atoms with Gasteiger partial charge in [0.2, 0.25) is 0 Å². The highest BCUT2D eigenvalue weighted by Crippen LogP contribution is 2.36. The van der Waals surface area contributed by atoms with Crippen molar-refractivity contribution in [3.8, 4) is 5.75 Å². The van der Waals surface area contributed by atoms with Gasteiger partial charge >= 0.3 is 11.9 Å². The number of carbonyl (C=O) groups is 2. The van der Waals surface area contributed by atoms with Crippen LogP contribution in [0.15, 0.2) is 29.8 Å². The quantitative estimate of drug-likeness (QED) is 0.655. The third-order valence-corrected chi connectivity index (χ3v) is 4.02. The summed E-state index contributed by atoms with van der Waals surface area (Å²) in [7, 11) is 0. The number of benzene rings is 1. The van der Waals surface area contributed by atoms with E-state index in [0.29, 0.717) is 12.0 Å². The maximum atomic E-state index is 11.4. The molecule has 0 aliphatic carbocycles. The Morgan fingerprint density at radius 2 is 2.08 bits per heavy atom. The molecule has 130 valence electrons. The molecule has 0 amide bonds. The molecule has 1 atom stereocenters. The normalized spacial score (nSPS) is 17.4. The van der Waals surface area contributed by atoms with Crippen molar-refractivity contribution in [2.45, 2.75) is 58.7 Å². The van der Waals surface area contributed by atoms with E-state index in [0.717, 1.165) is 35.8 Å². The Bertz CT molecular complexity index is 672. The van der Waals surface area contributed by atoms with Gasteiger partial charge in [-0.2, -0.15) is 0 Å². The summed E-state index contributed by atoms with van der Waals surface area (Å²) in [5.74, 6) is -0.539. The van der Waals surface area contributed by atoms with Gasteiger partial charge in [0.15, 0.2) is 0 Å². The van der Waals surface area contributed by atoms with Gasteiger partial charge < -0.3 is 14.6 Å². The molecule has 1 aliphatic heterocycles. The lowest BCUT2D eigenvalue weighted by atomic mass is 9.91. The first-order valence-corrected chi connectivity index (χ1v) is 8.05. The second kappa shape index (κ2) is 7.07. The van der Waals surface area contributed by atoms with E-state index in [1.54, 1.807) is 6.92 Å². The topological polar surface area (TPSA) is 72.8 Å². The highest BCUT2D eigenvalue weighted by atomic mass is 16.5. The van der Waals surface area contributed by atoms with Gasteiger partial charge in [0.25, 0.3) is 0 Å². The largest absolute Gasteiger partial charge is 0.488 e. The Morgan fingerprint density at radius 1 is 1.38 bits per heavy atom. The van der Waals surface area contributed by atoms with Gasteiger partial charge in [-0.05, 0) is 56.9 Å². The average Bonchev–Trinajstić information content (AvgIpc) is 2.43. The summed E-state index contributed by atoms with van der Waals surface area (Å²) >= 11 is 0. The summed E-state index contributed by atoms with van der Waals surface area (Å²) in [6.07, 6.45) is 2.79. The SMILES string of the molecule is CC(=O)OC(C/C(C)=C/C(=O)O)c1ccc2c(c1)CCC(C)(C)O2. The lowest BCUT2D eigenvalue weighted by molar-refractivity contribution is -0.146. The first-order valence-electron chi connectivity index (χ1n) is 8.05. The molecule has 0 saturated heterocycles. The fraction of sp³-hybridized carbons (Fsp3) is 0.474. The molecular formula is C19H24O5. The van der Waals surface area contributed by atoms with Gasteiger partial charge in [-0.15, -0.1) is 0 Å². The summed E-state index contributed by atoms with van der Waals surface area (Å²) in [5.41, 5.74) is 2.41. The van der Waals surface area contributed by atoms with E-state index in [9.17, 15) is 9.59 Å². The fourth-order valence-corrected chi connectivity index (χ4v) is 2.87. The Morgan fingerprint density at radius 3 is 2.71 bits per heavy atom. The van der Waals surface area contributed by atoms with Crippen LogP contribution in [0.2, 0.25) is 0 Å². The van der Waals surface area contributed by atoms with Crippen molar-refractivity contribution in [3.05, 3.63) is 41.0 Å². The van der Waals surface area contributed by atoms with E-state index >= 15 is 0 Å². The maximum Gasteiger partial charge on any atom is 0.328 e. The maximum absolute atomic E-state index is 11.4. The van der Waals surface area contributed by atoms with Crippen LogP contribution in [0.25, 0.3) is 0 Å². The molecule has 1 aromatic rings. The molecule has 0 fully saturated rings. The van der Waals surface area contributed by atoms with Crippen LogP contribution in [0.3, 0.4) is 0 Å². The number of carboxylic acid groups (broad SMARTS) is 1. The van der Waals surface area contributed by atoms with Crippen LogP contribution in [-0.2, 0) is 20.7 Å². The molecule has 1 N–H and O–H groups in total. The third kappa shape index (κ3) is 4.85. The predicted molar refractivity (Wildman–Crippen MR) is 90.0 cm³/mol. The lowest BCUT2D eigenvalue weighted by Gasteiger charge is -2.33. The van der Waals surface area contributed by atoms with Crippen LogP contribution in [0, 0.1) is 0 Å². The zero-order valence-corrected chi connectivity index (χ0v) is 14.6. The molecular weight excluding hydrogens is 308 g/mol. The summed E-state index contributed by atoms with van der Waals surface area (Å²) < 4.78 is 11.4. The molecule has 0 saturated carbocycles. The molecule has 0 spiro atoms. The number of aryl methyl sites for hydroxylation is 1. The minimum Gasteiger partial charge on any atom is -0.488 e. The van der Waals surface area contributed by atoms with E-state index in [-0.39, 0.29) is 5.60 Å². The van der Waals surface area contributed by atoms with Gasteiger partial charge in [-0.1, -0.05) is 11.6 Å². The van der Waals surface area contributed by atoms with Crippen molar-refractivity contribution in [1.82, 2.24) is 0 Å². The number of esters is 1. The number of hydrogen-bond acceptors (Lipinski definition) is 4.